The predicted molar refractivity (Wildman–Crippen MR) is 65.4 cm³/mol. The monoisotopic (exact) mass is 228 g/mol. The molecule has 0 saturated carbocycles. The van der Waals surface area contributed by atoms with Crippen molar-refractivity contribution in [2.45, 2.75) is 6.92 Å². The lowest BCUT2D eigenvalue weighted by atomic mass is 10.1. The Kier molecular flexibility index (Phi) is 1.95. The quantitative estimate of drug-likeness (QED) is 0.692. The number of nitrogens with zero attached hydrogens (tertiary/aromatic N) is 3. The fourth-order valence-electron chi connectivity index (χ4n) is 1.88. The minimum absolute atomic E-state index is 0.643. The van der Waals surface area contributed by atoms with Gasteiger partial charge in [0.05, 0.1) is 6.20 Å². The third-order valence-electron chi connectivity index (χ3n) is 2.79. The van der Waals surface area contributed by atoms with Crippen molar-refractivity contribution >= 4 is 16.9 Å². The summed E-state index contributed by atoms with van der Waals surface area (Å²) in [5, 5.41) is 4.13. The van der Waals surface area contributed by atoms with Crippen LogP contribution in [0, 0.1) is 6.92 Å². The third kappa shape index (κ3) is 1.47. The summed E-state index contributed by atoms with van der Waals surface area (Å²) in [4.78, 5) is 4.30. The first-order valence-electron chi connectivity index (χ1n) is 5.30. The second kappa shape index (κ2) is 3.35. The summed E-state index contributed by atoms with van der Waals surface area (Å²) in [6.45, 7) is 1.83. The van der Waals surface area contributed by atoms with Crippen LogP contribution in [-0.4, -0.2) is 14.8 Å². The highest BCUT2D eigenvalue weighted by Gasteiger charge is 2.09. The molecule has 86 valence electrons. The maximum absolute atomic E-state index is 5.94. The van der Waals surface area contributed by atoms with Gasteiger partial charge in [0.2, 0.25) is 0 Å². The Bertz CT molecular complexity index is 696. The molecule has 5 nitrogen and oxygen atoms in total. The zero-order chi connectivity index (χ0) is 12.0. The van der Waals surface area contributed by atoms with E-state index in [1.807, 2.05) is 32.2 Å². The number of nitrogens with two attached hydrogens (primary N) is 1. The molecule has 3 aromatic rings. The first-order valence-corrected chi connectivity index (χ1v) is 5.30. The second-order valence-corrected chi connectivity index (χ2v) is 3.98. The van der Waals surface area contributed by atoms with E-state index in [2.05, 4.69) is 10.1 Å². The largest absolute Gasteiger partial charge is 0.441 e. The molecule has 0 atom stereocenters. The van der Waals surface area contributed by atoms with Gasteiger partial charge in [0.15, 0.2) is 11.5 Å². The molecule has 1 aromatic carbocycles. The maximum Gasteiger partial charge on any atom is 0.192 e. The molecule has 2 heterocycles. The van der Waals surface area contributed by atoms with E-state index in [1.54, 1.807) is 10.9 Å². The molecule has 0 bridgehead atoms. The number of aromatic nitrogens is 3. The van der Waals surface area contributed by atoms with Gasteiger partial charge < -0.3 is 10.2 Å². The maximum atomic E-state index is 5.94. The topological polar surface area (TPSA) is 69.9 Å². The van der Waals surface area contributed by atoms with Crippen molar-refractivity contribution in [1.29, 1.82) is 0 Å². The van der Waals surface area contributed by atoms with Gasteiger partial charge in [0, 0.05) is 19.5 Å². The lowest BCUT2D eigenvalue weighted by molar-refractivity contribution is 0.561. The summed E-state index contributed by atoms with van der Waals surface area (Å²) < 4.78 is 7.08. The average molecular weight is 228 g/mol. The van der Waals surface area contributed by atoms with E-state index in [4.69, 9.17) is 10.2 Å². The van der Waals surface area contributed by atoms with Crippen LogP contribution in [-0.2, 0) is 7.05 Å². The van der Waals surface area contributed by atoms with Crippen molar-refractivity contribution < 1.29 is 4.42 Å². The Morgan fingerprint density at radius 1 is 1.35 bits per heavy atom. The molecular formula is C12H12N4O. The fraction of sp³-hybridized carbons (Fsp3) is 0.167. The van der Waals surface area contributed by atoms with Crippen molar-refractivity contribution in [2.24, 2.45) is 7.05 Å². The first kappa shape index (κ1) is 9.89. The normalized spacial score (nSPS) is 11.2. The zero-order valence-corrected chi connectivity index (χ0v) is 9.64. The molecule has 0 amide bonds. The number of anilines is 1. The number of fused-ring (bicyclic) bond motifs is 1. The molecule has 0 aliphatic rings. The van der Waals surface area contributed by atoms with Crippen molar-refractivity contribution in [3.63, 3.8) is 0 Å². The number of oxazole rings is 1. The van der Waals surface area contributed by atoms with Crippen LogP contribution in [0.1, 0.15) is 5.89 Å². The van der Waals surface area contributed by atoms with Gasteiger partial charge in [-0.15, -0.1) is 0 Å². The van der Waals surface area contributed by atoms with Gasteiger partial charge in [0.25, 0.3) is 0 Å². The third-order valence-corrected chi connectivity index (χ3v) is 2.79. The molecule has 0 radical (unpaired) electrons. The summed E-state index contributed by atoms with van der Waals surface area (Å²) in [7, 11) is 1.82. The van der Waals surface area contributed by atoms with Gasteiger partial charge in [-0.3, -0.25) is 4.68 Å². The second-order valence-electron chi connectivity index (χ2n) is 3.98. The Morgan fingerprint density at radius 3 is 2.88 bits per heavy atom. The number of aryl methyl sites for hydroxylation is 2. The summed E-state index contributed by atoms with van der Waals surface area (Å²) in [6, 6.07) is 5.82. The van der Waals surface area contributed by atoms with Crippen LogP contribution in [0.2, 0.25) is 0 Å². The summed E-state index contributed by atoms with van der Waals surface area (Å²) in [6.07, 6.45) is 1.75. The standard InChI is InChI=1S/C12H12N4O/c1-7-15-10-5-8(3-4-11(10)17-7)9-6-14-16(2)12(9)13/h3-6H,13H2,1-2H3. The molecule has 2 aromatic heterocycles. The molecule has 0 aliphatic carbocycles. The van der Waals surface area contributed by atoms with E-state index < -0.39 is 0 Å². The van der Waals surface area contributed by atoms with E-state index >= 15 is 0 Å². The van der Waals surface area contributed by atoms with Crippen molar-refractivity contribution in [3.05, 3.63) is 30.3 Å². The smallest absolute Gasteiger partial charge is 0.192 e. The molecule has 0 saturated heterocycles. The van der Waals surface area contributed by atoms with E-state index in [9.17, 15) is 0 Å². The Hall–Kier alpha value is -2.30. The number of nitrogen functional groups attached to an aromatic ring is 1. The van der Waals surface area contributed by atoms with Crippen molar-refractivity contribution in [2.75, 3.05) is 5.73 Å². The molecular weight excluding hydrogens is 216 g/mol. The highest BCUT2D eigenvalue weighted by Crippen LogP contribution is 2.28. The molecule has 0 unspecified atom stereocenters. The first-order chi connectivity index (χ1) is 8.15. The zero-order valence-electron chi connectivity index (χ0n) is 9.64. The van der Waals surface area contributed by atoms with E-state index in [1.165, 1.54) is 0 Å². The summed E-state index contributed by atoms with van der Waals surface area (Å²) in [5.41, 5.74) is 9.47. The van der Waals surface area contributed by atoms with Crippen molar-refractivity contribution in [1.82, 2.24) is 14.8 Å². The van der Waals surface area contributed by atoms with Crippen LogP contribution in [0.25, 0.3) is 22.2 Å². The van der Waals surface area contributed by atoms with Gasteiger partial charge in [-0.2, -0.15) is 5.10 Å². The van der Waals surface area contributed by atoms with Gasteiger partial charge in [-0.1, -0.05) is 6.07 Å². The van der Waals surface area contributed by atoms with Gasteiger partial charge in [-0.05, 0) is 17.7 Å². The molecule has 2 N–H and O–H groups in total. The highest BCUT2D eigenvalue weighted by molar-refractivity contribution is 5.83. The number of benzene rings is 1. The van der Waals surface area contributed by atoms with Crippen LogP contribution in [0.4, 0.5) is 5.82 Å². The molecule has 0 spiro atoms. The van der Waals surface area contributed by atoms with Crippen LogP contribution in [0.3, 0.4) is 0 Å². The lowest BCUT2D eigenvalue weighted by Gasteiger charge is -2.00. The molecule has 17 heavy (non-hydrogen) atoms. The molecule has 0 fully saturated rings. The van der Waals surface area contributed by atoms with Crippen LogP contribution in [0.15, 0.2) is 28.8 Å². The minimum Gasteiger partial charge on any atom is -0.441 e. The van der Waals surface area contributed by atoms with Gasteiger partial charge in [-0.25, -0.2) is 4.98 Å². The predicted octanol–water partition coefficient (Wildman–Crippen LogP) is 2.12. The Labute approximate surface area is 97.9 Å². The van der Waals surface area contributed by atoms with Gasteiger partial charge in [0.1, 0.15) is 11.3 Å². The van der Waals surface area contributed by atoms with Crippen LogP contribution < -0.4 is 5.73 Å². The van der Waals surface area contributed by atoms with E-state index in [0.717, 1.165) is 22.2 Å². The number of hydrogen-bond acceptors (Lipinski definition) is 4. The lowest BCUT2D eigenvalue weighted by Crippen LogP contribution is -1.97. The van der Waals surface area contributed by atoms with Crippen LogP contribution >= 0.6 is 0 Å². The summed E-state index contributed by atoms with van der Waals surface area (Å²) >= 11 is 0. The van der Waals surface area contributed by atoms with E-state index in [0.29, 0.717) is 11.7 Å². The highest BCUT2D eigenvalue weighted by atomic mass is 16.3. The fourth-order valence-corrected chi connectivity index (χ4v) is 1.88. The molecule has 5 heteroatoms. The number of hydrogen-bond donors (Lipinski definition) is 1. The Balaban J connectivity index is 2.20. The van der Waals surface area contributed by atoms with Crippen LogP contribution in [0.5, 0.6) is 0 Å². The van der Waals surface area contributed by atoms with Gasteiger partial charge >= 0.3 is 0 Å². The van der Waals surface area contributed by atoms with E-state index in [-0.39, 0.29) is 0 Å². The summed E-state index contributed by atoms with van der Waals surface area (Å²) in [5.74, 6) is 1.31. The molecule has 0 aliphatic heterocycles. The van der Waals surface area contributed by atoms with Crippen molar-refractivity contribution in [3.8, 4) is 11.1 Å². The Morgan fingerprint density at radius 2 is 2.18 bits per heavy atom. The molecule has 3 rings (SSSR count). The number of rotatable bonds is 1. The SMILES string of the molecule is Cc1nc2cc(-c3cnn(C)c3N)ccc2o1. The average Bonchev–Trinajstić information content (AvgIpc) is 2.81. The minimum atomic E-state index is 0.643.